The molecule has 1 aliphatic rings. The topological polar surface area (TPSA) is 73.2 Å². The number of anilines is 1. The smallest absolute Gasteiger partial charge is 0.161 e. The van der Waals surface area contributed by atoms with Crippen LogP contribution in [-0.4, -0.2) is 34.9 Å². The Hall–Kier alpha value is -1.82. The fourth-order valence-corrected chi connectivity index (χ4v) is 3.44. The standard InChI is InChI=1S/C15H19N3O2S/c1-19-14-7-10(12-8-15(16)18-17-12)4-5-13(14)20-11-3-2-6-21-9-11/h4-5,7-8,11H,2-3,6,9H2,1H3,(H3,16,17,18). The number of aromatic nitrogens is 2. The van der Waals surface area contributed by atoms with Crippen LogP contribution >= 0.6 is 11.8 Å². The second-order valence-corrected chi connectivity index (χ2v) is 6.18. The summed E-state index contributed by atoms with van der Waals surface area (Å²) in [4.78, 5) is 0. The maximum absolute atomic E-state index is 6.08. The number of benzene rings is 1. The first-order chi connectivity index (χ1) is 10.3. The fourth-order valence-electron chi connectivity index (χ4n) is 2.40. The zero-order valence-corrected chi connectivity index (χ0v) is 12.8. The molecule has 2 aromatic rings. The van der Waals surface area contributed by atoms with E-state index in [1.165, 1.54) is 12.2 Å². The maximum Gasteiger partial charge on any atom is 0.161 e. The van der Waals surface area contributed by atoms with Gasteiger partial charge in [0.05, 0.1) is 12.8 Å². The molecule has 2 heterocycles. The number of nitrogens with zero attached hydrogens (tertiary/aromatic N) is 1. The van der Waals surface area contributed by atoms with Crippen molar-refractivity contribution >= 4 is 17.6 Å². The first-order valence-corrected chi connectivity index (χ1v) is 8.15. The summed E-state index contributed by atoms with van der Waals surface area (Å²) in [5.41, 5.74) is 7.48. The number of aromatic amines is 1. The molecule has 0 spiro atoms. The van der Waals surface area contributed by atoms with E-state index in [4.69, 9.17) is 15.2 Å². The third-order valence-corrected chi connectivity index (χ3v) is 4.67. The second kappa shape index (κ2) is 6.30. The third kappa shape index (κ3) is 3.26. The number of nitrogen functional groups attached to an aromatic ring is 1. The molecule has 1 aliphatic heterocycles. The molecule has 21 heavy (non-hydrogen) atoms. The average molecular weight is 305 g/mol. The first kappa shape index (κ1) is 14.1. The van der Waals surface area contributed by atoms with Gasteiger partial charge in [0.1, 0.15) is 11.9 Å². The Morgan fingerprint density at radius 1 is 1.33 bits per heavy atom. The third-order valence-electron chi connectivity index (χ3n) is 3.48. The van der Waals surface area contributed by atoms with Gasteiger partial charge in [0.25, 0.3) is 0 Å². The largest absolute Gasteiger partial charge is 0.493 e. The van der Waals surface area contributed by atoms with Crippen molar-refractivity contribution in [2.45, 2.75) is 18.9 Å². The normalized spacial score (nSPS) is 18.4. The summed E-state index contributed by atoms with van der Waals surface area (Å²) >= 11 is 1.95. The molecule has 1 unspecified atom stereocenters. The lowest BCUT2D eigenvalue weighted by atomic mass is 10.1. The highest BCUT2D eigenvalue weighted by molar-refractivity contribution is 7.99. The van der Waals surface area contributed by atoms with E-state index in [0.717, 1.165) is 34.9 Å². The maximum atomic E-state index is 6.08. The van der Waals surface area contributed by atoms with Crippen molar-refractivity contribution in [1.82, 2.24) is 10.2 Å². The molecule has 1 saturated heterocycles. The van der Waals surface area contributed by atoms with Gasteiger partial charge in [0.2, 0.25) is 0 Å². The highest BCUT2D eigenvalue weighted by Gasteiger charge is 2.17. The van der Waals surface area contributed by atoms with Crippen molar-refractivity contribution in [1.29, 1.82) is 0 Å². The number of nitrogens with two attached hydrogens (primary N) is 1. The van der Waals surface area contributed by atoms with Crippen LogP contribution in [-0.2, 0) is 0 Å². The summed E-state index contributed by atoms with van der Waals surface area (Å²) in [5.74, 6) is 4.28. The summed E-state index contributed by atoms with van der Waals surface area (Å²) in [6.07, 6.45) is 2.59. The number of ether oxygens (including phenoxy) is 2. The number of nitrogens with one attached hydrogen (secondary N) is 1. The van der Waals surface area contributed by atoms with Crippen LogP contribution in [0.1, 0.15) is 12.8 Å². The van der Waals surface area contributed by atoms with E-state index in [-0.39, 0.29) is 6.10 Å². The molecule has 5 nitrogen and oxygen atoms in total. The summed E-state index contributed by atoms with van der Waals surface area (Å²) in [6.45, 7) is 0. The molecule has 3 N–H and O–H groups in total. The van der Waals surface area contributed by atoms with Gasteiger partial charge in [-0.05, 0) is 36.8 Å². The number of hydrogen-bond acceptors (Lipinski definition) is 5. The molecule has 0 bridgehead atoms. The van der Waals surface area contributed by atoms with Gasteiger partial charge in [0.15, 0.2) is 11.5 Å². The van der Waals surface area contributed by atoms with Gasteiger partial charge in [-0.2, -0.15) is 16.9 Å². The highest BCUT2D eigenvalue weighted by atomic mass is 32.2. The van der Waals surface area contributed by atoms with Crippen molar-refractivity contribution < 1.29 is 9.47 Å². The number of methoxy groups -OCH3 is 1. The minimum absolute atomic E-state index is 0.270. The lowest BCUT2D eigenvalue weighted by molar-refractivity contribution is 0.202. The number of hydrogen-bond donors (Lipinski definition) is 2. The lowest BCUT2D eigenvalue weighted by Gasteiger charge is -2.23. The predicted molar refractivity (Wildman–Crippen MR) is 86.0 cm³/mol. The Labute approximate surface area is 128 Å². The molecule has 1 aromatic heterocycles. The summed E-state index contributed by atoms with van der Waals surface area (Å²) in [5, 5.41) is 6.84. The van der Waals surface area contributed by atoms with Gasteiger partial charge >= 0.3 is 0 Å². The van der Waals surface area contributed by atoms with Crippen molar-refractivity contribution in [3.63, 3.8) is 0 Å². The number of thioether (sulfide) groups is 1. The molecule has 0 aliphatic carbocycles. The SMILES string of the molecule is COc1cc(-c2cc(N)n[nH]2)ccc1OC1CCCSC1. The minimum Gasteiger partial charge on any atom is -0.493 e. The molecule has 0 saturated carbocycles. The van der Waals surface area contributed by atoms with Gasteiger partial charge in [-0.3, -0.25) is 5.10 Å². The molecule has 0 radical (unpaired) electrons. The Morgan fingerprint density at radius 3 is 2.90 bits per heavy atom. The van der Waals surface area contributed by atoms with Gasteiger partial charge in [-0.25, -0.2) is 0 Å². The van der Waals surface area contributed by atoms with E-state index in [1.54, 1.807) is 13.2 Å². The first-order valence-electron chi connectivity index (χ1n) is 7.00. The van der Waals surface area contributed by atoms with E-state index < -0.39 is 0 Å². The summed E-state index contributed by atoms with van der Waals surface area (Å²) in [7, 11) is 1.66. The monoisotopic (exact) mass is 305 g/mol. The average Bonchev–Trinajstić information content (AvgIpc) is 2.95. The lowest BCUT2D eigenvalue weighted by Crippen LogP contribution is -2.23. The van der Waals surface area contributed by atoms with Gasteiger partial charge in [-0.15, -0.1) is 0 Å². The molecule has 1 fully saturated rings. The molecule has 1 atom stereocenters. The van der Waals surface area contributed by atoms with E-state index >= 15 is 0 Å². The highest BCUT2D eigenvalue weighted by Crippen LogP contribution is 2.34. The molecule has 1 aromatic carbocycles. The van der Waals surface area contributed by atoms with Crippen LogP contribution in [0.3, 0.4) is 0 Å². The van der Waals surface area contributed by atoms with Crippen molar-refractivity contribution in [3.8, 4) is 22.8 Å². The number of rotatable bonds is 4. The summed E-state index contributed by atoms with van der Waals surface area (Å²) in [6, 6.07) is 7.68. The summed E-state index contributed by atoms with van der Waals surface area (Å²) < 4.78 is 11.5. The molecular formula is C15H19N3O2S. The Bertz CT molecular complexity index is 609. The Morgan fingerprint density at radius 2 is 2.24 bits per heavy atom. The Balaban J connectivity index is 1.81. The van der Waals surface area contributed by atoms with E-state index in [0.29, 0.717) is 5.82 Å². The van der Waals surface area contributed by atoms with Crippen LogP contribution in [0.2, 0.25) is 0 Å². The molecular weight excluding hydrogens is 286 g/mol. The van der Waals surface area contributed by atoms with Crippen molar-refractivity contribution in [3.05, 3.63) is 24.3 Å². The molecule has 6 heteroatoms. The second-order valence-electron chi connectivity index (χ2n) is 5.03. The van der Waals surface area contributed by atoms with Crippen LogP contribution < -0.4 is 15.2 Å². The van der Waals surface area contributed by atoms with E-state index in [2.05, 4.69) is 10.2 Å². The van der Waals surface area contributed by atoms with E-state index in [1.807, 2.05) is 30.0 Å². The zero-order chi connectivity index (χ0) is 14.7. The van der Waals surface area contributed by atoms with Crippen molar-refractivity contribution in [2.75, 3.05) is 24.3 Å². The Kier molecular flexibility index (Phi) is 4.24. The van der Waals surface area contributed by atoms with Crippen molar-refractivity contribution in [2.24, 2.45) is 0 Å². The molecule has 0 amide bonds. The quantitative estimate of drug-likeness (QED) is 0.908. The van der Waals surface area contributed by atoms with Crippen LogP contribution in [0.25, 0.3) is 11.3 Å². The van der Waals surface area contributed by atoms with Crippen LogP contribution in [0.15, 0.2) is 24.3 Å². The van der Waals surface area contributed by atoms with Crippen LogP contribution in [0, 0.1) is 0 Å². The van der Waals surface area contributed by atoms with Gasteiger partial charge < -0.3 is 15.2 Å². The minimum atomic E-state index is 0.270. The fraction of sp³-hybridized carbons (Fsp3) is 0.400. The predicted octanol–water partition coefficient (Wildman–Crippen LogP) is 2.94. The zero-order valence-electron chi connectivity index (χ0n) is 12.0. The number of H-pyrrole nitrogens is 1. The van der Waals surface area contributed by atoms with Gasteiger partial charge in [0, 0.05) is 17.4 Å². The molecule has 112 valence electrons. The van der Waals surface area contributed by atoms with E-state index in [9.17, 15) is 0 Å². The molecule has 3 rings (SSSR count). The van der Waals surface area contributed by atoms with Crippen LogP contribution in [0.4, 0.5) is 5.82 Å². The van der Waals surface area contributed by atoms with Gasteiger partial charge in [-0.1, -0.05) is 0 Å². The van der Waals surface area contributed by atoms with Crippen LogP contribution in [0.5, 0.6) is 11.5 Å².